The van der Waals surface area contributed by atoms with Gasteiger partial charge in [0.05, 0.1) is 11.6 Å². The van der Waals surface area contributed by atoms with Crippen LogP contribution in [-0.2, 0) is 4.79 Å². The van der Waals surface area contributed by atoms with E-state index in [-0.39, 0.29) is 5.69 Å². The molecule has 1 amide bonds. The SMILES string of the molecule is O=C(Nc1ccc(F)c(F)c1F)C1CN(c2cc(-n3cccn3)ncn2)C1. The molecule has 0 spiro atoms. The summed E-state index contributed by atoms with van der Waals surface area (Å²) in [5, 5.41) is 6.39. The maximum atomic E-state index is 13.7. The van der Waals surface area contributed by atoms with Gasteiger partial charge in [-0.2, -0.15) is 5.10 Å². The molecule has 138 valence electrons. The van der Waals surface area contributed by atoms with E-state index >= 15 is 0 Å². The lowest BCUT2D eigenvalue weighted by atomic mass is 9.99. The lowest BCUT2D eigenvalue weighted by Crippen LogP contribution is -2.52. The van der Waals surface area contributed by atoms with Crippen LogP contribution in [-0.4, -0.2) is 38.7 Å². The summed E-state index contributed by atoms with van der Waals surface area (Å²) in [6.45, 7) is 0.708. The minimum Gasteiger partial charge on any atom is -0.355 e. The Kier molecular flexibility index (Phi) is 4.22. The summed E-state index contributed by atoms with van der Waals surface area (Å²) in [6, 6.07) is 5.25. The van der Waals surface area contributed by atoms with Crippen LogP contribution >= 0.6 is 0 Å². The van der Waals surface area contributed by atoms with E-state index in [1.807, 2.05) is 4.90 Å². The Labute approximate surface area is 151 Å². The summed E-state index contributed by atoms with van der Waals surface area (Å²) < 4.78 is 41.4. The summed E-state index contributed by atoms with van der Waals surface area (Å²) in [7, 11) is 0. The number of hydrogen-bond donors (Lipinski definition) is 1. The Morgan fingerprint density at radius 1 is 1.11 bits per heavy atom. The molecule has 0 atom stereocenters. The molecule has 2 aromatic heterocycles. The zero-order valence-corrected chi connectivity index (χ0v) is 13.8. The third-order valence-corrected chi connectivity index (χ3v) is 4.25. The van der Waals surface area contributed by atoms with E-state index in [9.17, 15) is 18.0 Å². The fourth-order valence-electron chi connectivity index (χ4n) is 2.73. The summed E-state index contributed by atoms with van der Waals surface area (Å²) >= 11 is 0. The molecule has 4 rings (SSSR count). The maximum absolute atomic E-state index is 13.7. The predicted octanol–water partition coefficient (Wildman–Crippen LogP) is 2.15. The van der Waals surface area contributed by atoms with E-state index in [0.717, 1.165) is 12.1 Å². The quantitative estimate of drug-likeness (QED) is 0.709. The molecule has 1 fully saturated rings. The van der Waals surface area contributed by atoms with Gasteiger partial charge in [0.15, 0.2) is 23.3 Å². The maximum Gasteiger partial charge on any atom is 0.231 e. The van der Waals surface area contributed by atoms with Crippen molar-refractivity contribution in [1.82, 2.24) is 19.7 Å². The van der Waals surface area contributed by atoms with Crippen LogP contribution in [0.4, 0.5) is 24.7 Å². The van der Waals surface area contributed by atoms with Crippen LogP contribution in [0.15, 0.2) is 43.0 Å². The first kappa shape index (κ1) is 17.0. The second kappa shape index (κ2) is 6.71. The van der Waals surface area contributed by atoms with Crippen molar-refractivity contribution in [3.8, 4) is 5.82 Å². The van der Waals surface area contributed by atoms with Crippen molar-refractivity contribution >= 4 is 17.4 Å². The summed E-state index contributed by atoms with van der Waals surface area (Å²) in [5.74, 6) is -4.04. The number of nitrogens with zero attached hydrogens (tertiary/aromatic N) is 5. The van der Waals surface area contributed by atoms with Crippen LogP contribution < -0.4 is 10.2 Å². The number of carbonyl (C=O) groups excluding carboxylic acids is 1. The van der Waals surface area contributed by atoms with Crippen LogP contribution in [0.1, 0.15) is 0 Å². The number of aromatic nitrogens is 4. The first-order valence-electron chi connectivity index (χ1n) is 8.04. The van der Waals surface area contributed by atoms with Crippen molar-refractivity contribution in [1.29, 1.82) is 0 Å². The Balaban J connectivity index is 1.40. The molecule has 7 nitrogen and oxygen atoms in total. The first-order valence-corrected chi connectivity index (χ1v) is 8.04. The third kappa shape index (κ3) is 3.21. The number of hydrogen-bond acceptors (Lipinski definition) is 5. The van der Waals surface area contributed by atoms with Gasteiger partial charge in [0, 0.05) is 31.5 Å². The van der Waals surface area contributed by atoms with Gasteiger partial charge in [-0.05, 0) is 18.2 Å². The highest BCUT2D eigenvalue weighted by Gasteiger charge is 2.34. The van der Waals surface area contributed by atoms with E-state index in [1.54, 1.807) is 29.2 Å². The number of benzene rings is 1. The molecule has 0 bridgehead atoms. The average Bonchev–Trinajstić information content (AvgIpc) is 3.16. The molecule has 1 N–H and O–H groups in total. The number of amides is 1. The standard InChI is InChI=1S/C17H13F3N6O/c18-11-2-3-12(16(20)15(11)19)24-17(27)10-7-25(8-10)13-6-14(22-9-21-13)26-5-1-4-23-26/h1-6,9-10H,7-8H2,(H,24,27). The van der Waals surface area contributed by atoms with Crippen LogP contribution in [0.25, 0.3) is 5.82 Å². The van der Waals surface area contributed by atoms with Crippen molar-refractivity contribution in [2.45, 2.75) is 0 Å². The van der Waals surface area contributed by atoms with Gasteiger partial charge in [-0.3, -0.25) is 4.79 Å². The molecule has 3 heterocycles. The van der Waals surface area contributed by atoms with Crippen molar-refractivity contribution in [2.24, 2.45) is 5.92 Å². The minimum atomic E-state index is -1.62. The molecule has 3 aromatic rings. The van der Waals surface area contributed by atoms with Crippen molar-refractivity contribution in [2.75, 3.05) is 23.3 Å². The molecule has 1 aliphatic rings. The highest BCUT2D eigenvalue weighted by Crippen LogP contribution is 2.26. The zero-order valence-electron chi connectivity index (χ0n) is 13.8. The van der Waals surface area contributed by atoms with Crippen LogP contribution in [0.2, 0.25) is 0 Å². The molecule has 1 aliphatic heterocycles. The minimum absolute atomic E-state index is 0.354. The van der Waals surface area contributed by atoms with Gasteiger partial charge in [0.2, 0.25) is 5.91 Å². The zero-order chi connectivity index (χ0) is 19.0. The van der Waals surface area contributed by atoms with Gasteiger partial charge in [-0.25, -0.2) is 27.8 Å². The molecule has 0 radical (unpaired) electrons. The van der Waals surface area contributed by atoms with Gasteiger partial charge >= 0.3 is 0 Å². The van der Waals surface area contributed by atoms with Gasteiger partial charge in [-0.15, -0.1) is 0 Å². The highest BCUT2D eigenvalue weighted by molar-refractivity contribution is 5.94. The predicted molar refractivity (Wildman–Crippen MR) is 89.8 cm³/mol. The molecule has 0 unspecified atom stereocenters. The van der Waals surface area contributed by atoms with Gasteiger partial charge in [-0.1, -0.05) is 0 Å². The van der Waals surface area contributed by atoms with E-state index in [4.69, 9.17) is 0 Å². The topological polar surface area (TPSA) is 75.9 Å². The normalized spacial score (nSPS) is 14.1. The van der Waals surface area contributed by atoms with Crippen LogP contribution in [0, 0.1) is 23.4 Å². The van der Waals surface area contributed by atoms with Gasteiger partial charge < -0.3 is 10.2 Å². The fourth-order valence-corrected chi connectivity index (χ4v) is 2.73. The second-order valence-electron chi connectivity index (χ2n) is 6.00. The van der Waals surface area contributed by atoms with Crippen molar-refractivity contribution in [3.05, 3.63) is 60.4 Å². The number of nitrogens with one attached hydrogen (secondary N) is 1. The lowest BCUT2D eigenvalue weighted by Gasteiger charge is -2.39. The lowest BCUT2D eigenvalue weighted by molar-refractivity contribution is -0.120. The molecular weight excluding hydrogens is 361 g/mol. The smallest absolute Gasteiger partial charge is 0.231 e. The molecule has 0 saturated carbocycles. The Bertz CT molecular complexity index is 988. The summed E-state index contributed by atoms with van der Waals surface area (Å²) in [4.78, 5) is 22.4. The average molecular weight is 374 g/mol. The molecule has 0 aliphatic carbocycles. The largest absolute Gasteiger partial charge is 0.355 e. The second-order valence-corrected chi connectivity index (χ2v) is 6.00. The molecular formula is C17H13F3N6O. The van der Waals surface area contributed by atoms with E-state index in [2.05, 4.69) is 20.4 Å². The van der Waals surface area contributed by atoms with E-state index in [1.165, 1.54) is 6.33 Å². The number of anilines is 2. The Morgan fingerprint density at radius 3 is 2.63 bits per heavy atom. The summed E-state index contributed by atoms with van der Waals surface area (Å²) in [6.07, 6.45) is 4.77. The molecule has 27 heavy (non-hydrogen) atoms. The fraction of sp³-hybridized carbons (Fsp3) is 0.176. The van der Waals surface area contributed by atoms with Gasteiger partial charge in [0.1, 0.15) is 12.1 Å². The van der Waals surface area contributed by atoms with E-state index in [0.29, 0.717) is 24.7 Å². The van der Waals surface area contributed by atoms with Crippen LogP contribution in [0.3, 0.4) is 0 Å². The van der Waals surface area contributed by atoms with Crippen molar-refractivity contribution < 1.29 is 18.0 Å². The molecule has 1 aromatic carbocycles. The molecule has 1 saturated heterocycles. The Morgan fingerprint density at radius 2 is 1.89 bits per heavy atom. The van der Waals surface area contributed by atoms with Gasteiger partial charge in [0.25, 0.3) is 0 Å². The van der Waals surface area contributed by atoms with E-state index < -0.39 is 29.3 Å². The number of halogens is 3. The molecule has 10 heteroatoms. The third-order valence-electron chi connectivity index (χ3n) is 4.25. The first-order chi connectivity index (χ1) is 13.0. The monoisotopic (exact) mass is 374 g/mol. The van der Waals surface area contributed by atoms with Crippen molar-refractivity contribution in [3.63, 3.8) is 0 Å². The Hall–Kier alpha value is -3.43. The van der Waals surface area contributed by atoms with Crippen LogP contribution in [0.5, 0.6) is 0 Å². The number of rotatable bonds is 4. The highest BCUT2D eigenvalue weighted by atomic mass is 19.2. The summed E-state index contributed by atoms with van der Waals surface area (Å²) in [5.41, 5.74) is -0.389. The number of carbonyl (C=O) groups is 1.